The summed E-state index contributed by atoms with van der Waals surface area (Å²) in [6.45, 7) is 18.3. The minimum absolute atomic E-state index is 0.148. The van der Waals surface area contributed by atoms with E-state index >= 15 is 0 Å². The van der Waals surface area contributed by atoms with E-state index in [1.54, 1.807) is 6.07 Å². The van der Waals surface area contributed by atoms with E-state index in [2.05, 4.69) is 30.6 Å². The first-order valence-corrected chi connectivity index (χ1v) is 9.56. The van der Waals surface area contributed by atoms with Crippen LogP contribution in [0.5, 0.6) is 0 Å². The highest BCUT2D eigenvalue weighted by Gasteiger charge is 2.51. The highest BCUT2D eigenvalue weighted by atomic mass is 19.1. The summed E-state index contributed by atoms with van der Waals surface area (Å²) in [5, 5.41) is 0. The maximum atomic E-state index is 14.5. The molecule has 2 fully saturated rings. The first kappa shape index (κ1) is 19.7. The molecule has 2 saturated heterocycles. The van der Waals surface area contributed by atoms with Gasteiger partial charge in [0.2, 0.25) is 0 Å². The molecule has 6 heteroatoms. The molecule has 3 rings (SSSR count). The number of anilines is 1. The van der Waals surface area contributed by atoms with E-state index in [0.717, 1.165) is 31.6 Å². The van der Waals surface area contributed by atoms with Crippen molar-refractivity contribution in [2.24, 2.45) is 0 Å². The number of halogens is 1. The topological polar surface area (TPSA) is 24.9 Å². The second-order valence-electron chi connectivity index (χ2n) is 9.44. The third-order valence-corrected chi connectivity index (χ3v) is 6.06. The molecule has 2 heterocycles. The van der Waals surface area contributed by atoms with Crippen LogP contribution in [0.4, 0.5) is 10.1 Å². The van der Waals surface area contributed by atoms with Gasteiger partial charge in [0.15, 0.2) is 0 Å². The van der Waals surface area contributed by atoms with Crippen LogP contribution in [0.15, 0.2) is 18.2 Å². The highest BCUT2D eigenvalue weighted by Crippen LogP contribution is 2.36. The van der Waals surface area contributed by atoms with Crippen LogP contribution in [0.2, 0.25) is 0 Å². The Labute approximate surface area is 157 Å². The Bertz CT molecular complexity index is 648. The summed E-state index contributed by atoms with van der Waals surface area (Å²) in [7, 11) is -0.463. The Kier molecular flexibility index (Phi) is 4.91. The maximum Gasteiger partial charge on any atom is 0.494 e. The van der Waals surface area contributed by atoms with Gasteiger partial charge in [-0.3, -0.25) is 4.90 Å². The molecule has 0 atom stereocenters. The fourth-order valence-corrected chi connectivity index (χ4v) is 3.52. The van der Waals surface area contributed by atoms with Gasteiger partial charge in [-0.1, -0.05) is 6.07 Å². The number of hydrogen-bond acceptors (Lipinski definition) is 4. The van der Waals surface area contributed by atoms with Crippen LogP contribution in [0.3, 0.4) is 0 Å². The Balaban J connectivity index is 1.78. The smallest absolute Gasteiger partial charge is 0.399 e. The van der Waals surface area contributed by atoms with Crippen molar-refractivity contribution in [2.75, 3.05) is 31.1 Å². The summed E-state index contributed by atoms with van der Waals surface area (Å²) in [6.07, 6.45) is 0. The van der Waals surface area contributed by atoms with Crippen molar-refractivity contribution >= 4 is 18.3 Å². The van der Waals surface area contributed by atoms with Crippen molar-refractivity contribution in [3.05, 3.63) is 24.0 Å². The number of nitrogens with zero attached hydrogens (tertiary/aromatic N) is 2. The van der Waals surface area contributed by atoms with Gasteiger partial charge in [0.25, 0.3) is 0 Å². The first-order valence-electron chi connectivity index (χ1n) is 9.56. The summed E-state index contributed by atoms with van der Waals surface area (Å²) < 4.78 is 26.8. The van der Waals surface area contributed by atoms with E-state index in [1.807, 2.05) is 33.8 Å². The quantitative estimate of drug-likeness (QED) is 0.755. The molecule has 144 valence electrons. The molecule has 0 bridgehead atoms. The molecule has 1 aromatic rings. The monoisotopic (exact) mass is 362 g/mol. The Morgan fingerprint density at radius 3 is 2.00 bits per heavy atom. The number of benzene rings is 1. The second-order valence-corrected chi connectivity index (χ2v) is 9.44. The molecule has 26 heavy (non-hydrogen) atoms. The molecule has 0 spiro atoms. The van der Waals surface area contributed by atoms with Gasteiger partial charge in [-0.2, -0.15) is 0 Å². The number of rotatable bonds is 2. The Morgan fingerprint density at radius 2 is 1.50 bits per heavy atom. The maximum absolute atomic E-state index is 14.5. The summed E-state index contributed by atoms with van der Waals surface area (Å²) in [4.78, 5) is 4.58. The van der Waals surface area contributed by atoms with Gasteiger partial charge >= 0.3 is 7.12 Å². The molecule has 0 unspecified atom stereocenters. The van der Waals surface area contributed by atoms with Gasteiger partial charge in [-0.25, -0.2) is 4.39 Å². The van der Waals surface area contributed by atoms with Gasteiger partial charge < -0.3 is 14.2 Å². The van der Waals surface area contributed by atoms with E-state index in [1.165, 1.54) is 6.07 Å². The summed E-state index contributed by atoms with van der Waals surface area (Å²) in [5.74, 6) is -0.186. The molecular weight excluding hydrogens is 330 g/mol. The average molecular weight is 362 g/mol. The molecule has 0 saturated carbocycles. The van der Waals surface area contributed by atoms with Crippen molar-refractivity contribution in [2.45, 2.75) is 65.2 Å². The van der Waals surface area contributed by atoms with Crippen LogP contribution >= 0.6 is 0 Å². The van der Waals surface area contributed by atoms with E-state index in [9.17, 15) is 4.39 Å². The van der Waals surface area contributed by atoms with Crippen LogP contribution < -0.4 is 10.4 Å². The van der Waals surface area contributed by atoms with Crippen molar-refractivity contribution in [1.82, 2.24) is 4.90 Å². The van der Waals surface area contributed by atoms with E-state index in [0.29, 0.717) is 5.69 Å². The van der Waals surface area contributed by atoms with Gasteiger partial charge in [0, 0.05) is 31.7 Å². The molecule has 1 aromatic carbocycles. The molecule has 0 N–H and O–H groups in total. The predicted octanol–water partition coefficient (Wildman–Crippen LogP) is 3.05. The van der Waals surface area contributed by atoms with Crippen molar-refractivity contribution in [3.63, 3.8) is 0 Å². The lowest BCUT2D eigenvalue weighted by atomic mass is 9.79. The van der Waals surface area contributed by atoms with Crippen LogP contribution in [0.25, 0.3) is 0 Å². The lowest BCUT2D eigenvalue weighted by Gasteiger charge is -2.43. The van der Waals surface area contributed by atoms with Gasteiger partial charge in [0.05, 0.1) is 16.9 Å². The van der Waals surface area contributed by atoms with Crippen LogP contribution in [-0.4, -0.2) is 54.9 Å². The molecule has 2 aliphatic heterocycles. The van der Waals surface area contributed by atoms with Gasteiger partial charge in [0.1, 0.15) is 5.82 Å². The molecule has 0 aromatic heterocycles. The summed E-state index contributed by atoms with van der Waals surface area (Å²) in [6, 6.07) is 5.20. The molecule has 0 amide bonds. The standard InChI is InChI=1S/C20H32BFN2O2/c1-18(2,3)24-12-10-23(11-13-24)17-14-15(8-9-16(17)22)21-25-19(4,5)20(6,7)26-21/h8-9,14H,10-13H2,1-7H3. The van der Waals surface area contributed by atoms with Crippen molar-refractivity contribution in [1.29, 1.82) is 0 Å². The summed E-state index contributed by atoms with van der Waals surface area (Å²) in [5.41, 5.74) is 0.869. The Hall–Kier alpha value is -1.11. The van der Waals surface area contributed by atoms with Crippen molar-refractivity contribution < 1.29 is 13.7 Å². The average Bonchev–Trinajstić information content (AvgIpc) is 2.75. The normalized spacial score (nSPS) is 23.5. The molecule has 4 nitrogen and oxygen atoms in total. The Morgan fingerprint density at radius 1 is 0.962 bits per heavy atom. The third-order valence-electron chi connectivity index (χ3n) is 6.06. The van der Waals surface area contributed by atoms with E-state index in [-0.39, 0.29) is 11.4 Å². The predicted molar refractivity (Wildman–Crippen MR) is 106 cm³/mol. The minimum Gasteiger partial charge on any atom is -0.399 e. The fraction of sp³-hybridized carbons (Fsp3) is 0.700. The zero-order valence-corrected chi connectivity index (χ0v) is 17.2. The second kappa shape index (κ2) is 6.50. The first-order chi connectivity index (χ1) is 11.9. The van der Waals surface area contributed by atoms with Gasteiger partial charge in [-0.05, 0) is 66.1 Å². The molecular formula is C20H32BFN2O2. The van der Waals surface area contributed by atoms with E-state index in [4.69, 9.17) is 9.31 Å². The lowest BCUT2D eigenvalue weighted by Crippen LogP contribution is -2.53. The highest BCUT2D eigenvalue weighted by molar-refractivity contribution is 6.62. The third kappa shape index (κ3) is 3.64. The lowest BCUT2D eigenvalue weighted by molar-refractivity contribution is 0.00578. The summed E-state index contributed by atoms with van der Waals surface area (Å²) >= 11 is 0. The van der Waals surface area contributed by atoms with Crippen LogP contribution in [0.1, 0.15) is 48.5 Å². The minimum atomic E-state index is -0.463. The molecule has 0 radical (unpaired) electrons. The van der Waals surface area contributed by atoms with Crippen LogP contribution in [-0.2, 0) is 9.31 Å². The zero-order chi connectivity index (χ0) is 19.3. The van der Waals surface area contributed by atoms with E-state index < -0.39 is 18.3 Å². The fourth-order valence-electron chi connectivity index (χ4n) is 3.52. The largest absolute Gasteiger partial charge is 0.494 e. The zero-order valence-electron chi connectivity index (χ0n) is 17.2. The SMILES string of the molecule is CC(C)(C)N1CCN(c2cc(B3OC(C)(C)C(C)(C)O3)ccc2F)CC1. The van der Waals surface area contributed by atoms with Crippen LogP contribution in [0, 0.1) is 5.82 Å². The van der Waals surface area contributed by atoms with Gasteiger partial charge in [-0.15, -0.1) is 0 Å². The number of hydrogen-bond donors (Lipinski definition) is 0. The van der Waals surface area contributed by atoms with Crippen molar-refractivity contribution in [3.8, 4) is 0 Å². The number of piperazine rings is 1. The molecule has 0 aliphatic carbocycles. The molecule has 2 aliphatic rings.